The highest BCUT2D eigenvalue weighted by Gasteiger charge is 2.06. The fourth-order valence-electron chi connectivity index (χ4n) is 2.05. The van der Waals surface area contributed by atoms with Crippen LogP contribution in [0, 0.1) is 11.7 Å². The van der Waals surface area contributed by atoms with Crippen molar-refractivity contribution >= 4 is 18.4 Å². The van der Waals surface area contributed by atoms with Gasteiger partial charge in [0.1, 0.15) is 0 Å². The fourth-order valence-corrected chi connectivity index (χ4v) is 2.23. The normalized spacial score (nSPS) is 11.1. The lowest BCUT2D eigenvalue weighted by Gasteiger charge is -2.00. The molecule has 0 amide bonds. The molecule has 0 spiro atoms. The van der Waals surface area contributed by atoms with Crippen LogP contribution in [0.25, 0.3) is 11.4 Å². The van der Waals surface area contributed by atoms with Crippen LogP contribution in [0.2, 0.25) is 0 Å². The van der Waals surface area contributed by atoms with Crippen molar-refractivity contribution in [2.45, 2.75) is 6.92 Å². The maximum atomic E-state index is 5.25. The first-order chi connectivity index (χ1) is 10.2. The molecule has 0 radical (unpaired) electrons. The summed E-state index contributed by atoms with van der Waals surface area (Å²) >= 11 is 5.25. The Hall–Kier alpha value is -2.53. The third-order valence-corrected chi connectivity index (χ3v) is 3.31. The van der Waals surface area contributed by atoms with E-state index in [0.29, 0.717) is 10.6 Å². The van der Waals surface area contributed by atoms with E-state index in [0.717, 1.165) is 11.1 Å². The van der Waals surface area contributed by atoms with Crippen molar-refractivity contribution in [3.05, 3.63) is 70.5 Å². The smallest absolute Gasteiger partial charge is 0.216 e. The first-order valence-corrected chi connectivity index (χ1v) is 6.99. The minimum absolute atomic E-state index is 0.470. The van der Waals surface area contributed by atoms with Gasteiger partial charge in [0.25, 0.3) is 0 Å². The highest BCUT2D eigenvalue weighted by Crippen LogP contribution is 2.16. The quantitative estimate of drug-likeness (QED) is 0.590. The highest BCUT2D eigenvalue weighted by molar-refractivity contribution is 7.71. The van der Waals surface area contributed by atoms with Gasteiger partial charge in [0.2, 0.25) is 4.77 Å². The van der Waals surface area contributed by atoms with Crippen molar-refractivity contribution in [2.75, 3.05) is 0 Å². The van der Waals surface area contributed by atoms with Crippen LogP contribution in [0.4, 0.5) is 0 Å². The SMILES string of the molecule is Cc1cccc(C=Nn2c(-c3ccccc3)n[nH]c2=S)c1. The minimum atomic E-state index is 0.470. The van der Waals surface area contributed by atoms with Crippen LogP contribution < -0.4 is 0 Å². The van der Waals surface area contributed by atoms with Crippen molar-refractivity contribution in [1.82, 2.24) is 14.9 Å². The number of nitrogens with zero attached hydrogens (tertiary/aromatic N) is 3. The third-order valence-electron chi connectivity index (χ3n) is 3.05. The number of aromatic amines is 1. The van der Waals surface area contributed by atoms with Gasteiger partial charge in [-0.05, 0) is 24.7 Å². The van der Waals surface area contributed by atoms with E-state index in [9.17, 15) is 0 Å². The van der Waals surface area contributed by atoms with E-state index in [-0.39, 0.29) is 0 Å². The molecule has 104 valence electrons. The van der Waals surface area contributed by atoms with Crippen molar-refractivity contribution in [2.24, 2.45) is 5.10 Å². The summed E-state index contributed by atoms with van der Waals surface area (Å²) in [7, 11) is 0. The summed E-state index contributed by atoms with van der Waals surface area (Å²) in [6.45, 7) is 2.05. The molecule has 0 bridgehead atoms. The van der Waals surface area contributed by atoms with E-state index in [4.69, 9.17) is 12.2 Å². The van der Waals surface area contributed by atoms with E-state index < -0.39 is 0 Å². The standard InChI is InChI=1S/C16H14N4S/c1-12-6-5-7-13(10-12)11-17-20-15(18-19-16(20)21)14-8-3-2-4-9-14/h2-11H,1H3,(H,19,21). The number of benzene rings is 2. The molecule has 0 aliphatic rings. The maximum absolute atomic E-state index is 5.25. The largest absolute Gasteiger partial charge is 0.250 e. The van der Waals surface area contributed by atoms with Crippen molar-refractivity contribution in [1.29, 1.82) is 0 Å². The Balaban J connectivity index is 2.00. The second-order valence-electron chi connectivity index (χ2n) is 4.69. The van der Waals surface area contributed by atoms with Gasteiger partial charge in [-0.2, -0.15) is 14.9 Å². The molecule has 1 N–H and O–H groups in total. The Labute approximate surface area is 127 Å². The van der Waals surface area contributed by atoms with Gasteiger partial charge in [0, 0.05) is 5.56 Å². The van der Waals surface area contributed by atoms with Gasteiger partial charge < -0.3 is 0 Å². The molecule has 0 unspecified atom stereocenters. The van der Waals surface area contributed by atoms with Crippen LogP contribution in [-0.2, 0) is 0 Å². The zero-order valence-corrected chi connectivity index (χ0v) is 12.3. The van der Waals surface area contributed by atoms with Gasteiger partial charge in [0.15, 0.2) is 5.82 Å². The zero-order chi connectivity index (χ0) is 14.7. The van der Waals surface area contributed by atoms with Crippen molar-refractivity contribution in [3.8, 4) is 11.4 Å². The molecule has 5 heteroatoms. The molecule has 0 saturated carbocycles. The molecule has 4 nitrogen and oxygen atoms in total. The van der Waals surface area contributed by atoms with E-state index in [1.165, 1.54) is 5.56 Å². The third kappa shape index (κ3) is 2.98. The first kappa shape index (κ1) is 13.5. The monoisotopic (exact) mass is 294 g/mol. The van der Waals surface area contributed by atoms with E-state index in [1.807, 2.05) is 42.5 Å². The van der Waals surface area contributed by atoms with Crippen molar-refractivity contribution < 1.29 is 0 Å². The summed E-state index contributed by atoms with van der Waals surface area (Å²) in [5.74, 6) is 0.699. The lowest BCUT2D eigenvalue weighted by atomic mass is 10.2. The molecule has 3 rings (SSSR count). The topological polar surface area (TPSA) is 46.0 Å². The summed E-state index contributed by atoms with van der Waals surface area (Å²) in [6.07, 6.45) is 1.78. The summed E-state index contributed by atoms with van der Waals surface area (Å²) in [4.78, 5) is 0. The number of aryl methyl sites for hydroxylation is 1. The predicted molar refractivity (Wildman–Crippen MR) is 87.0 cm³/mol. The summed E-state index contributed by atoms with van der Waals surface area (Å²) in [5.41, 5.74) is 3.18. The molecule has 0 atom stereocenters. The zero-order valence-electron chi connectivity index (χ0n) is 11.5. The summed E-state index contributed by atoms with van der Waals surface area (Å²) in [5, 5.41) is 11.5. The summed E-state index contributed by atoms with van der Waals surface area (Å²) < 4.78 is 2.10. The number of H-pyrrole nitrogens is 1. The molecule has 1 heterocycles. The number of aromatic nitrogens is 3. The lowest BCUT2D eigenvalue weighted by molar-refractivity contribution is 0.871. The van der Waals surface area contributed by atoms with E-state index >= 15 is 0 Å². The van der Waals surface area contributed by atoms with Crippen LogP contribution in [0.3, 0.4) is 0 Å². The number of hydrogen-bond acceptors (Lipinski definition) is 3. The van der Waals surface area contributed by atoms with Crippen LogP contribution >= 0.6 is 12.2 Å². The fraction of sp³-hybridized carbons (Fsp3) is 0.0625. The average molecular weight is 294 g/mol. The molecule has 21 heavy (non-hydrogen) atoms. The van der Waals surface area contributed by atoms with Gasteiger partial charge in [-0.15, -0.1) is 0 Å². The molecule has 2 aromatic carbocycles. The highest BCUT2D eigenvalue weighted by atomic mass is 32.1. The number of hydrogen-bond donors (Lipinski definition) is 1. The lowest BCUT2D eigenvalue weighted by Crippen LogP contribution is -1.95. The Morgan fingerprint density at radius 3 is 2.71 bits per heavy atom. The van der Waals surface area contributed by atoms with Gasteiger partial charge >= 0.3 is 0 Å². The van der Waals surface area contributed by atoms with Crippen LogP contribution in [0.1, 0.15) is 11.1 Å². The first-order valence-electron chi connectivity index (χ1n) is 6.58. The average Bonchev–Trinajstić information content (AvgIpc) is 2.87. The molecule has 3 aromatic rings. The summed E-state index contributed by atoms with van der Waals surface area (Å²) in [6, 6.07) is 18.0. The Morgan fingerprint density at radius 1 is 1.14 bits per heavy atom. The van der Waals surface area contributed by atoms with E-state index in [2.05, 4.69) is 34.4 Å². The molecule has 0 aliphatic carbocycles. The minimum Gasteiger partial charge on any atom is -0.250 e. The molecule has 0 fully saturated rings. The van der Waals surface area contributed by atoms with Crippen LogP contribution in [0.15, 0.2) is 59.7 Å². The van der Waals surface area contributed by atoms with Gasteiger partial charge in [-0.25, -0.2) is 5.10 Å². The van der Waals surface area contributed by atoms with Crippen LogP contribution in [0.5, 0.6) is 0 Å². The molecular weight excluding hydrogens is 280 g/mol. The molecule has 0 saturated heterocycles. The predicted octanol–water partition coefficient (Wildman–Crippen LogP) is 3.80. The second-order valence-corrected chi connectivity index (χ2v) is 5.08. The van der Waals surface area contributed by atoms with Crippen LogP contribution in [-0.4, -0.2) is 21.1 Å². The Bertz CT molecular complexity index is 831. The van der Waals surface area contributed by atoms with Gasteiger partial charge in [-0.3, -0.25) is 0 Å². The number of rotatable bonds is 3. The Kier molecular flexibility index (Phi) is 3.75. The second kappa shape index (κ2) is 5.85. The Morgan fingerprint density at radius 2 is 1.95 bits per heavy atom. The van der Waals surface area contributed by atoms with Gasteiger partial charge in [0.05, 0.1) is 6.21 Å². The molecule has 1 aromatic heterocycles. The van der Waals surface area contributed by atoms with Gasteiger partial charge in [-0.1, -0.05) is 60.2 Å². The maximum Gasteiger partial charge on any atom is 0.216 e. The molecule has 0 aliphatic heterocycles. The number of nitrogens with one attached hydrogen (secondary N) is 1. The van der Waals surface area contributed by atoms with E-state index in [1.54, 1.807) is 10.9 Å². The molecular formula is C16H14N4S. The van der Waals surface area contributed by atoms with Crippen molar-refractivity contribution in [3.63, 3.8) is 0 Å².